The average molecular weight is 376 g/mol. The van der Waals surface area contributed by atoms with Crippen LogP contribution in [0, 0.1) is 5.92 Å². The van der Waals surface area contributed by atoms with E-state index in [9.17, 15) is 9.59 Å². The van der Waals surface area contributed by atoms with Crippen molar-refractivity contribution in [1.82, 2.24) is 9.80 Å². The van der Waals surface area contributed by atoms with E-state index in [0.717, 1.165) is 31.6 Å². The molecule has 150 valence electrons. The number of nitrogens with zero attached hydrogens (tertiary/aromatic N) is 2. The molecule has 0 unspecified atom stereocenters. The van der Waals surface area contributed by atoms with Gasteiger partial charge < -0.3 is 14.7 Å². The first-order valence-corrected chi connectivity index (χ1v) is 9.59. The van der Waals surface area contributed by atoms with E-state index >= 15 is 0 Å². The van der Waals surface area contributed by atoms with Crippen molar-refractivity contribution in [1.29, 1.82) is 0 Å². The van der Waals surface area contributed by atoms with Gasteiger partial charge in [-0.25, -0.2) is 9.59 Å². The Morgan fingerprint density at radius 1 is 1.19 bits per heavy atom. The molecule has 0 aromatic heterocycles. The summed E-state index contributed by atoms with van der Waals surface area (Å²) in [6.45, 7) is 12.9. The Balaban J connectivity index is 2.03. The second kappa shape index (κ2) is 8.74. The number of carboxylic acids is 1. The molecule has 6 nitrogen and oxygen atoms in total. The van der Waals surface area contributed by atoms with E-state index in [-0.39, 0.29) is 12.1 Å². The molecule has 1 saturated heterocycles. The maximum absolute atomic E-state index is 12.6. The molecule has 1 atom stereocenters. The number of hydrogen-bond donors (Lipinski definition) is 1. The van der Waals surface area contributed by atoms with Gasteiger partial charge in [-0.1, -0.05) is 26.0 Å². The number of rotatable bonds is 5. The number of carboxylic acid groups (broad SMARTS) is 1. The fraction of sp³-hybridized carbons (Fsp3) is 0.619. The molecule has 0 saturated carbocycles. The number of aromatic carboxylic acids is 1. The minimum absolute atomic E-state index is 0.117. The number of benzene rings is 1. The van der Waals surface area contributed by atoms with E-state index in [1.807, 2.05) is 37.8 Å². The van der Waals surface area contributed by atoms with Gasteiger partial charge in [0.1, 0.15) is 5.60 Å². The van der Waals surface area contributed by atoms with Crippen molar-refractivity contribution in [2.75, 3.05) is 19.6 Å². The normalized spacial score (nSPS) is 18.6. The predicted molar refractivity (Wildman–Crippen MR) is 105 cm³/mol. The van der Waals surface area contributed by atoms with Gasteiger partial charge in [-0.15, -0.1) is 0 Å². The third-order valence-corrected chi connectivity index (χ3v) is 4.55. The monoisotopic (exact) mass is 376 g/mol. The van der Waals surface area contributed by atoms with Crippen LogP contribution in [0.1, 0.15) is 57.0 Å². The van der Waals surface area contributed by atoms with Gasteiger partial charge in [-0.05, 0) is 50.8 Å². The van der Waals surface area contributed by atoms with Crippen molar-refractivity contribution in [2.24, 2.45) is 5.92 Å². The summed E-state index contributed by atoms with van der Waals surface area (Å²) in [6, 6.07) is 7.12. The molecule has 1 aromatic carbocycles. The molecule has 0 aliphatic carbocycles. The van der Waals surface area contributed by atoms with Crippen LogP contribution in [0.25, 0.3) is 0 Å². The molecule has 0 bridgehead atoms. The predicted octanol–water partition coefficient (Wildman–Crippen LogP) is 3.85. The van der Waals surface area contributed by atoms with Gasteiger partial charge >= 0.3 is 12.1 Å². The Kier molecular flexibility index (Phi) is 6.87. The first-order valence-electron chi connectivity index (χ1n) is 9.59. The minimum Gasteiger partial charge on any atom is -0.478 e. The molecule has 6 heteroatoms. The van der Waals surface area contributed by atoms with E-state index < -0.39 is 11.6 Å². The van der Waals surface area contributed by atoms with Crippen molar-refractivity contribution in [3.8, 4) is 0 Å². The highest BCUT2D eigenvalue weighted by atomic mass is 16.6. The maximum Gasteiger partial charge on any atom is 0.410 e. The molecular weight excluding hydrogens is 344 g/mol. The Morgan fingerprint density at radius 3 is 2.33 bits per heavy atom. The first kappa shape index (κ1) is 21.2. The van der Waals surface area contributed by atoms with Crippen LogP contribution in [0.15, 0.2) is 24.3 Å². The lowest BCUT2D eigenvalue weighted by atomic mass is 10.00. The second-order valence-corrected chi connectivity index (χ2v) is 8.69. The number of hydrogen-bond acceptors (Lipinski definition) is 4. The summed E-state index contributed by atoms with van der Waals surface area (Å²) in [6.07, 6.45) is 0.687. The van der Waals surface area contributed by atoms with Gasteiger partial charge in [0.05, 0.1) is 5.56 Å². The summed E-state index contributed by atoms with van der Waals surface area (Å²) in [5.41, 5.74) is 0.878. The molecule has 1 N–H and O–H groups in total. The van der Waals surface area contributed by atoms with Crippen LogP contribution in [0.3, 0.4) is 0 Å². The van der Waals surface area contributed by atoms with Gasteiger partial charge in [0.25, 0.3) is 0 Å². The minimum atomic E-state index is -0.912. The van der Waals surface area contributed by atoms with E-state index in [0.29, 0.717) is 18.0 Å². The summed E-state index contributed by atoms with van der Waals surface area (Å²) < 4.78 is 5.59. The number of carbonyl (C=O) groups excluding carboxylic acids is 1. The molecule has 1 heterocycles. The molecule has 1 aliphatic heterocycles. The number of piperazine rings is 1. The van der Waals surface area contributed by atoms with Crippen molar-refractivity contribution in [3.05, 3.63) is 35.4 Å². The zero-order valence-electron chi connectivity index (χ0n) is 17.1. The summed E-state index contributed by atoms with van der Waals surface area (Å²) >= 11 is 0. The summed E-state index contributed by atoms with van der Waals surface area (Å²) in [4.78, 5) is 27.8. The van der Waals surface area contributed by atoms with Crippen LogP contribution < -0.4 is 0 Å². The third kappa shape index (κ3) is 6.54. The summed E-state index contributed by atoms with van der Waals surface area (Å²) in [5, 5.41) is 9.02. The average Bonchev–Trinajstić information content (AvgIpc) is 2.53. The van der Waals surface area contributed by atoms with Crippen LogP contribution >= 0.6 is 0 Å². The van der Waals surface area contributed by atoms with E-state index in [2.05, 4.69) is 18.7 Å². The fourth-order valence-electron chi connectivity index (χ4n) is 3.38. The molecule has 2 rings (SSSR count). The number of amides is 1. The van der Waals surface area contributed by atoms with E-state index in [1.54, 1.807) is 12.1 Å². The van der Waals surface area contributed by atoms with Gasteiger partial charge in [0, 0.05) is 32.2 Å². The number of carbonyl (C=O) groups is 2. The van der Waals surface area contributed by atoms with Crippen molar-refractivity contribution in [3.63, 3.8) is 0 Å². The quantitative estimate of drug-likeness (QED) is 0.845. The van der Waals surface area contributed by atoms with Gasteiger partial charge in [-0.2, -0.15) is 0 Å². The molecule has 1 fully saturated rings. The van der Waals surface area contributed by atoms with Crippen molar-refractivity contribution >= 4 is 12.1 Å². The molecule has 1 aromatic rings. The first-order chi connectivity index (χ1) is 12.5. The second-order valence-electron chi connectivity index (χ2n) is 8.69. The molecule has 0 spiro atoms. The van der Waals surface area contributed by atoms with Crippen LogP contribution in [-0.4, -0.2) is 58.2 Å². The van der Waals surface area contributed by atoms with E-state index in [1.165, 1.54) is 0 Å². The Hall–Kier alpha value is -2.08. The lowest BCUT2D eigenvalue weighted by Crippen LogP contribution is -2.56. The van der Waals surface area contributed by atoms with Crippen LogP contribution in [0.5, 0.6) is 0 Å². The van der Waals surface area contributed by atoms with Gasteiger partial charge in [-0.3, -0.25) is 4.90 Å². The topological polar surface area (TPSA) is 70.1 Å². The maximum atomic E-state index is 12.6. The highest BCUT2D eigenvalue weighted by molar-refractivity contribution is 5.87. The van der Waals surface area contributed by atoms with Crippen LogP contribution in [0.2, 0.25) is 0 Å². The zero-order valence-corrected chi connectivity index (χ0v) is 17.1. The lowest BCUT2D eigenvalue weighted by molar-refractivity contribution is -0.00565. The fourth-order valence-corrected chi connectivity index (χ4v) is 3.38. The highest BCUT2D eigenvalue weighted by Gasteiger charge is 2.33. The Bertz CT molecular complexity index is 649. The number of ether oxygens (including phenoxy) is 1. The molecule has 0 radical (unpaired) electrons. The van der Waals surface area contributed by atoms with Crippen LogP contribution in [0.4, 0.5) is 4.79 Å². The highest BCUT2D eigenvalue weighted by Crippen LogP contribution is 2.22. The molecule has 1 amide bonds. The molecule has 1 aliphatic rings. The summed E-state index contributed by atoms with van der Waals surface area (Å²) in [7, 11) is 0. The lowest BCUT2D eigenvalue weighted by Gasteiger charge is -2.42. The van der Waals surface area contributed by atoms with Gasteiger partial charge in [0.15, 0.2) is 0 Å². The summed E-state index contributed by atoms with van der Waals surface area (Å²) in [5.74, 6) is -0.431. The zero-order chi connectivity index (χ0) is 20.2. The Morgan fingerprint density at radius 2 is 1.81 bits per heavy atom. The Labute approximate surface area is 162 Å². The smallest absolute Gasteiger partial charge is 0.410 e. The van der Waals surface area contributed by atoms with Gasteiger partial charge in [0.2, 0.25) is 0 Å². The van der Waals surface area contributed by atoms with Crippen molar-refractivity contribution in [2.45, 2.75) is 59.2 Å². The van der Waals surface area contributed by atoms with E-state index in [4.69, 9.17) is 9.84 Å². The van der Waals surface area contributed by atoms with Crippen molar-refractivity contribution < 1.29 is 19.4 Å². The molecular formula is C21H32N2O4. The van der Waals surface area contributed by atoms with Crippen LogP contribution in [-0.2, 0) is 11.3 Å². The SMILES string of the molecule is CC(C)C[C@H]1CN(Cc2ccc(C(=O)O)cc2)CCN1C(=O)OC(C)(C)C. The third-order valence-electron chi connectivity index (χ3n) is 4.55. The molecule has 27 heavy (non-hydrogen) atoms. The standard InChI is InChI=1S/C21H32N2O4/c1-15(2)12-18-14-22(10-11-23(18)20(26)27-21(3,4)5)13-16-6-8-17(9-7-16)19(24)25/h6-9,15,18H,10-14H2,1-5H3,(H,24,25)/t18-/m0/s1. The largest absolute Gasteiger partial charge is 0.478 e.